The van der Waals surface area contributed by atoms with Crippen LogP contribution in [0.25, 0.3) is 0 Å². The molecular weight excluding hydrogens is 304 g/mol. The molecule has 0 saturated heterocycles. The molecule has 1 unspecified atom stereocenters. The Morgan fingerprint density at radius 3 is 2.54 bits per heavy atom. The van der Waals surface area contributed by atoms with E-state index in [2.05, 4.69) is 29.7 Å². The summed E-state index contributed by atoms with van der Waals surface area (Å²) in [4.78, 5) is 10.5. The van der Waals surface area contributed by atoms with Gasteiger partial charge in [-0.1, -0.05) is 18.2 Å². The molecule has 0 saturated carbocycles. The molecule has 24 heavy (non-hydrogen) atoms. The molecule has 2 rings (SSSR count). The van der Waals surface area contributed by atoms with Gasteiger partial charge in [-0.2, -0.15) is 0 Å². The number of phenolic OH excluding ortho intramolecular Hbond substituents is 1. The maximum atomic E-state index is 10.5. The number of benzene rings is 2. The van der Waals surface area contributed by atoms with Crippen molar-refractivity contribution < 1.29 is 14.6 Å². The number of phenols is 1. The SMILES string of the molecule is COc1ccc(CC(C)NCCc2ccc(O)c(NC=O)c2)cc1. The normalized spacial score (nSPS) is 11.8. The van der Waals surface area contributed by atoms with Gasteiger partial charge in [-0.3, -0.25) is 4.79 Å². The maximum absolute atomic E-state index is 10.5. The standard InChI is InChI=1S/C19H24N2O3/c1-14(11-15-3-6-17(24-2)7-4-15)20-10-9-16-5-8-19(23)18(12-16)21-13-22/h3-8,12-14,20,23H,9-11H2,1-2H3,(H,21,22). The number of carbonyl (C=O) groups is 1. The Bertz CT molecular complexity index is 656. The Labute approximate surface area is 142 Å². The van der Waals surface area contributed by atoms with Crippen molar-refractivity contribution in [2.45, 2.75) is 25.8 Å². The highest BCUT2D eigenvalue weighted by molar-refractivity contribution is 5.75. The summed E-state index contributed by atoms with van der Waals surface area (Å²) in [5, 5.41) is 15.6. The van der Waals surface area contributed by atoms with Gasteiger partial charge in [-0.15, -0.1) is 0 Å². The summed E-state index contributed by atoms with van der Waals surface area (Å²) in [5.74, 6) is 0.943. The zero-order valence-corrected chi connectivity index (χ0v) is 14.1. The third kappa shape index (κ3) is 5.28. The Hall–Kier alpha value is -2.53. The first kappa shape index (κ1) is 17.8. The highest BCUT2D eigenvalue weighted by Crippen LogP contribution is 2.23. The average Bonchev–Trinajstić information content (AvgIpc) is 2.58. The Balaban J connectivity index is 1.80. The number of ether oxygens (including phenoxy) is 1. The summed E-state index contributed by atoms with van der Waals surface area (Å²) >= 11 is 0. The second-order valence-corrected chi connectivity index (χ2v) is 5.77. The second-order valence-electron chi connectivity index (χ2n) is 5.77. The minimum atomic E-state index is 0.0756. The van der Waals surface area contributed by atoms with Crippen LogP contribution >= 0.6 is 0 Å². The van der Waals surface area contributed by atoms with E-state index >= 15 is 0 Å². The van der Waals surface area contributed by atoms with Gasteiger partial charge < -0.3 is 20.5 Å². The number of hydrogen-bond donors (Lipinski definition) is 3. The van der Waals surface area contributed by atoms with Crippen LogP contribution in [0.3, 0.4) is 0 Å². The number of carbonyl (C=O) groups excluding carboxylic acids is 1. The molecule has 2 aromatic carbocycles. The lowest BCUT2D eigenvalue weighted by molar-refractivity contribution is -0.105. The Morgan fingerprint density at radius 1 is 1.17 bits per heavy atom. The number of nitrogens with one attached hydrogen (secondary N) is 2. The molecule has 0 bridgehead atoms. The molecule has 0 aliphatic heterocycles. The average molecular weight is 328 g/mol. The first-order valence-electron chi connectivity index (χ1n) is 8.00. The van der Waals surface area contributed by atoms with Gasteiger partial charge in [0.15, 0.2) is 0 Å². The molecule has 2 aromatic rings. The van der Waals surface area contributed by atoms with Crippen molar-refractivity contribution in [3.63, 3.8) is 0 Å². The number of amides is 1. The number of aromatic hydroxyl groups is 1. The number of methoxy groups -OCH3 is 1. The van der Waals surface area contributed by atoms with Gasteiger partial charge in [-0.05, 0) is 61.7 Å². The summed E-state index contributed by atoms with van der Waals surface area (Å²) in [6.45, 7) is 2.98. The van der Waals surface area contributed by atoms with Crippen LogP contribution in [0.15, 0.2) is 42.5 Å². The van der Waals surface area contributed by atoms with E-state index in [0.29, 0.717) is 18.1 Å². The molecule has 0 fully saturated rings. The zero-order valence-electron chi connectivity index (χ0n) is 14.1. The van der Waals surface area contributed by atoms with Crippen LogP contribution in [0.2, 0.25) is 0 Å². The van der Waals surface area contributed by atoms with Crippen molar-refractivity contribution in [3.8, 4) is 11.5 Å². The second kappa shape index (κ2) is 8.93. The van der Waals surface area contributed by atoms with Crippen molar-refractivity contribution in [2.75, 3.05) is 19.0 Å². The predicted molar refractivity (Wildman–Crippen MR) is 95.7 cm³/mol. The van der Waals surface area contributed by atoms with Crippen molar-refractivity contribution >= 4 is 12.1 Å². The van der Waals surface area contributed by atoms with Gasteiger partial charge in [0.1, 0.15) is 11.5 Å². The van der Waals surface area contributed by atoms with E-state index in [9.17, 15) is 9.90 Å². The number of rotatable bonds is 9. The fourth-order valence-corrected chi connectivity index (χ4v) is 2.57. The maximum Gasteiger partial charge on any atom is 0.211 e. The quantitative estimate of drug-likeness (QED) is 0.489. The number of anilines is 1. The first-order chi connectivity index (χ1) is 11.6. The van der Waals surface area contributed by atoms with Gasteiger partial charge in [0.2, 0.25) is 6.41 Å². The van der Waals surface area contributed by atoms with Gasteiger partial charge in [0.25, 0.3) is 0 Å². The topological polar surface area (TPSA) is 70.6 Å². The molecule has 1 atom stereocenters. The zero-order chi connectivity index (χ0) is 17.4. The van der Waals surface area contributed by atoms with E-state index in [4.69, 9.17) is 4.74 Å². The minimum absolute atomic E-state index is 0.0756. The third-order valence-electron chi connectivity index (χ3n) is 3.88. The molecule has 5 nitrogen and oxygen atoms in total. The summed E-state index contributed by atoms with van der Waals surface area (Å²) in [5.41, 5.74) is 2.76. The monoisotopic (exact) mass is 328 g/mol. The first-order valence-corrected chi connectivity index (χ1v) is 8.00. The molecular formula is C19H24N2O3. The molecule has 0 aliphatic rings. The Morgan fingerprint density at radius 2 is 1.88 bits per heavy atom. The van der Waals surface area contributed by atoms with Crippen LogP contribution in [0.4, 0.5) is 5.69 Å². The predicted octanol–water partition coefficient (Wildman–Crippen LogP) is 2.73. The molecule has 0 heterocycles. The molecule has 1 amide bonds. The van der Waals surface area contributed by atoms with Crippen LogP contribution in [0, 0.1) is 0 Å². The van der Waals surface area contributed by atoms with Crippen LogP contribution in [-0.4, -0.2) is 31.2 Å². The summed E-state index contributed by atoms with van der Waals surface area (Å²) in [6, 6.07) is 13.7. The lowest BCUT2D eigenvalue weighted by Gasteiger charge is -2.14. The molecule has 0 aliphatic carbocycles. The molecule has 0 aromatic heterocycles. The fraction of sp³-hybridized carbons (Fsp3) is 0.316. The third-order valence-corrected chi connectivity index (χ3v) is 3.88. The van der Waals surface area contributed by atoms with Crippen LogP contribution in [-0.2, 0) is 17.6 Å². The Kier molecular flexibility index (Phi) is 6.63. The highest BCUT2D eigenvalue weighted by atomic mass is 16.5. The summed E-state index contributed by atoms with van der Waals surface area (Å²) in [6.07, 6.45) is 2.33. The lowest BCUT2D eigenvalue weighted by atomic mass is 10.1. The summed E-state index contributed by atoms with van der Waals surface area (Å²) < 4.78 is 5.16. The van der Waals surface area contributed by atoms with Crippen molar-refractivity contribution in [1.82, 2.24) is 5.32 Å². The van der Waals surface area contributed by atoms with Crippen LogP contribution in [0.5, 0.6) is 11.5 Å². The molecule has 5 heteroatoms. The van der Waals surface area contributed by atoms with Crippen LogP contribution < -0.4 is 15.4 Å². The lowest BCUT2D eigenvalue weighted by Crippen LogP contribution is -2.29. The molecule has 128 valence electrons. The smallest absolute Gasteiger partial charge is 0.211 e. The van der Waals surface area contributed by atoms with Crippen molar-refractivity contribution in [1.29, 1.82) is 0 Å². The molecule has 0 spiro atoms. The van der Waals surface area contributed by atoms with Gasteiger partial charge >= 0.3 is 0 Å². The minimum Gasteiger partial charge on any atom is -0.506 e. The van der Waals surface area contributed by atoms with E-state index in [0.717, 1.165) is 30.7 Å². The van der Waals surface area contributed by atoms with Gasteiger partial charge in [0.05, 0.1) is 12.8 Å². The molecule has 3 N–H and O–H groups in total. The largest absolute Gasteiger partial charge is 0.506 e. The van der Waals surface area contributed by atoms with Crippen molar-refractivity contribution in [2.24, 2.45) is 0 Å². The summed E-state index contributed by atoms with van der Waals surface area (Å²) in [7, 11) is 1.67. The van der Waals surface area contributed by atoms with E-state index < -0.39 is 0 Å². The molecule has 0 radical (unpaired) electrons. The highest BCUT2D eigenvalue weighted by Gasteiger charge is 2.05. The van der Waals surface area contributed by atoms with Crippen LogP contribution in [0.1, 0.15) is 18.1 Å². The van der Waals surface area contributed by atoms with E-state index in [1.807, 2.05) is 18.2 Å². The van der Waals surface area contributed by atoms with E-state index in [1.54, 1.807) is 19.2 Å². The van der Waals surface area contributed by atoms with Gasteiger partial charge in [-0.25, -0.2) is 0 Å². The van der Waals surface area contributed by atoms with E-state index in [-0.39, 0.29) is 5.75 Å². The van der Waals surface area contributed by atoms with Gasteiger partial charge in [0, 0.05) is 6.04 Å². The van der Waals surface area contributed by atoms with E-state index in [1.165, 1.54) is 5.56 Å². The fourth-order valence-electron chi connectivity index (χ4n) is 2.57. The number of hydrogen-bond acceptors (Lipinski definition) is 4. The van der Waals surface area contributed by atoms with Crippen molar-refractivity contribution in [3.05, 3.63) is 53.6 Å².